The Balaban J connectivity index is 3.88. The molecule has 0 bridgehead atoms. The molecule has 0 fully saturated rings. The van der Waals surface area contributed by atoms with E-state index in [0.29, 0.717) is 0 Å². The number of ether oxygens (including phenoxy) is 2. The van der Waals surface area contributed by atoms with Crippen LogP contribution in [0, 0.1) is 0 Å². The maximum Gasteiger partial charge on any atom is 0.131 e. The van der Waals surface area contributed by atoms with Crippen LogP contribution in [-0.4, -0.2) is 41.6 Å². The minimum atomic E-state index is -0.370. The fraction of sp³-hybridized carbons (Fsp3) is 0.625. The summed E-state index contributed by atoms with van der Waals surface area (Å²) < 4.78 is 11.4. The third-order valence-electron chi connectivity index (χ3n) is 3.21. The molecule has 0 aromatic rings. The van der Waals surface area contributed by atoms with E-state index >= 15 is 0 Å². The first kappa shape index (κ1) is 22.2. The van der Waals surface area contributed by atoms with Crippen LogP contribution in [0.2, 0.25) is 12.1 Å². The molecule has 0 aromatic carbocycles. The van der Waals surface area contributed by atoms with Crippen molar-refractivity contribution in [2.75, 3.05) is 0 Å². The molecular formula is C16H30Cl2O2Si2. The maximum atomic E-state index is 6.01. The van der Waals surface area contributed by atoms with Crippen LogP contribution < -0.4 is 0 Å². The Morgan fingerprint density at radius 2 is 1.23 bits per heavy atom. The molecule has 0 heterocycles. The van der Waals surface area contributed by atoms with Gasteiger partial charge in [-0.3, -0.25) is 0 Å². The average Bonchev–Trinajstić information content (AvgIpc) is 2.54. The van der Waals surface area contributed by atoms with E-state index in [0.717, 1.165) is 24.9 Å². The van der Waals surface area contributed by atoms with E-state index < -0.39 is 0 Å². The van der Waals surface area contributed by atoms with Crippen LogP contribution in [0.3, 0.4) is 0 Å². The first-order valence-electron chi connectivity index (χ1n) is 8.06. The van der Waals surface area contributed by atoms with Crippen molar-refractivity contribution < 1.29 is 9.47 Å². The predicted octanol–water partition coefficient (Wildman–Crippen LogP) is 3.72. The fourth-order valence-electron chi connectivity index (χ4n) is 1.81. The van der Waals surface area contributed by atoms with Crippen molar-refractivity contribution in [3.63, 3.8) is 0 Å². The van der Waals surface area contributed by atoms with Crippen molar-refractivity contribution in [3.8, 4) is 0 Å². The molecule has 0 aromatic heterocycles. The van der Waals surface area contributed by atoms with E-state index in [-0.39, 0.29) is 41.6 Å². The van der Waals surface area contributed by atoms with E-state index in [4.69, 9.17) is 32.7 Å². The molecule has 0 rings (SSSR count). The second-order valence-corrected chi connectivity index (χ2v) is 9.98. The highest BCUT2D eigenvalue weighted by Crippen LogP contribution is 2.10. The molecule has 0 amide bonds. The summed E-state index contributed by atoms with van der Waals surface area (Å²) in [5, 5.41) is 0. The number of halogens is 2. The summed E-state index contributed by atoms with van der Waals surface area (Å²) in [5.74, 6) is 0. The monoisotopic (exact) mass is 380 g/mol. The summed E-state index contributed by atoms with van der Waals surface area (Å²) in [4.78, 5) is 0. The topological polar surface area (TPSA) is 18.5 Å². The molecule has 2 nitrogen and oxygen atoms in total. The lowest BCUT2D eigenvalue weighted by Gasteiger charge is -2.16. The van der Waals surface area contributed by atoms with Crippen LogP contribution >= 0.6 is 23.2 Å². The van der Waals surface area contributed by atoms with Crippen LogP contribution in [0.1, 0.15) is 26.7 Å². The summed E-state index contributed by atoms with van der Waals surface area (Å²) in [5.41, 5.74) is -0.0655. The lowest BCUT2D eigenvalue weighted by Crippen LogP contribution is -2.22. The Morgan fingerprint density at radius 1 is 0.864 bits per heavy atom. The van der Waals surface area contributed by atoms with Crippen molar-refractivity contribution in [2.24, 2.45) is 0 Å². The van der Waals surface area contributed by atoms with E-state index in [1.54, 1.807) is 0 Å². The predicted molar refractivity (Wildman–Crippen MR) is 106 cm³/mol. The molecule has 22 heavy (non-hydrogen) atoms. The third-order valence-corrected chi connectivity index (χ3v) is 7.56. The van der Waals surface area contributed by atoms with Gasteiger partial charge >= 0.3 is 0 Å². The highest BCUT2D eigenvalue weighted by Gasteiger charge is 2.10. The molecule has 4 atom stereocenters. The molecule has 0 saturated carbocycles. The molecule has 0 saturated heterocycles. The van der Waals surface area contributed by atoms with Gasteiger partial charge in [0.2, 0.25) is 0 Å². The molecule has 0 spiro atoms. The molecule has 128 valence electrons. The molecule has 6 heteroatoms. The minimum absolute atomic E-state index is 0.162. The lowest BCUT2D eigenvalue weighted by molar-refractivity contribution is 0.103. The standard InChI is InChI=1S/C16H30Cl2O2Si2/c1-5-13(17)19-15(7-3)21-11-9-10-12-22-16(8-4)20-14(18)6-2/h7-10,13-16H,3-6,11-12,21-22H2,1-2H3. The van der Waals surface area contributed by atoms with Crippen LogP contribution in [0.5, 0.6) is 0 Å². The molecule has 0 N–H and O–H groups in total. The molecule has 0 radical (unpaired) electrons. The quantitative estimate of drug-likeness (QED) is 0.259. The van der Waals surface area contributed by atoms with E-state index in [1.165, 1.54) is 0 Å². The Hall–Kier alpha value is 0.154. The van der Waals surface area contributed by atoms with Gasteiger partial charge in [-0.05, 0) is 24.9 Å². The number of allylic oxidation sites excluding steroid dienone is 2. The van der Waals surface area contributed by atoms with Gasteiger partial charge in [0.1, 0.15) is 11.1 Å². The summed E-state index contributed by atoms with van der Waals surface area (Å²) in [7, 11) is -0.740. The smallest absolute Gasteiger partial charge is 0.131 e. The van der Waals surface area contributed by atoms with Gasteiger partial charge in [0, 0.05) is 0 Å². The van der Waals surface area contributed by atoms with Gasteiger partial charge < -0.3 is 9.47 Å². The first-order valence-corrected chi connectivity index (χ1v) is 12.6. The second kappa shape index (κ2) is 14.7. The zero-order chi connectivity index (χ0) is 16.8. The number of alkyl halides is 2. The fourth-order valence-corrected chi connectivity index (χ4v) is 5.04. The second-order valence-electron chi connectivity index (χ2n) is 5.08. The zero-order valence-electron chi connectivity index (χ0n) is 13.8. The summed E-state index contributed by atoms with van der Waals surface area (Å²) >= 11 is 12.0. The van der Waals surface area contributed by atoms with E-state index in [9.17, 15) is 0 Å². The molecule has 0 aliphatic rings. The van der Waals surface area contributed by atoms with Crippen LogP contribution in [0.15, 0.2) is 37.5 Å². The molecular weight excluding hydrogens is 351 g/mol. The van der Waals surface area contributed by atoms with Crippen LogP contribution in [0.4, 0.5) is 0 Å². The van der Waals surface area contributed by atoms with Crippen molar-refractivity contribution in [3.05, 3.63) is 37.5 Å². The maximum absolute atomic E-state index is 6.01. The highest BCUT2D eigenvalue weighted by atomic mass is 35.5. The summed E-state index contributed by atoms with van der Waals surface area (Å²) in [6, 6.07) is 2.20. The van der Waals surface area contributed by atoms with Gasteiger partial charge in [0.05, 0.1) is 30.5 Å². The van der Waals surface area contributed by atoms with Gasteiger partial charge in [-0.25, -0.2) is 0 Å². The van der Waals surface area contributed by atoms with Crippen molar-refractivity contribution >= 4 is 42.2 Å². The summed E-state index contributed by atoms with van der Waals surface area (Å²) in [6.07, 6.45) is 9.92. The van der Waals surface area contributed by atoms with Crippen molar-refractivity contribution in [1.29, 1.82) is 0 Å². The Bertz CT molecular complexity index is 297. The van der Waals surface area contributed by atoms with Crippen molar-refractivity contribution in [1.82, 2.24) is 0 Å². The minimum Gasteiger partial charge on any atom is -0.359 e. The average molecular weight is 381 g/mol. The van der Waals surface area contributed by atoms with Crippen molar-refractivity contribution in [2.45, 2.75) is 61.4 Å². The normalized spacial score (nSPS) is 18.2. The van der Waals surface area contributed by atoms with Gasteiger partial charge in [-0.15, -0.1) is 13.2 Å². The van der Waals surface area contributed by atoms with Gasteiger partial charge in [0.15, 0.2) is 0 Å². The number of hydrogen-bond acceptors (Lipinski definition) is 2. The van der Waals surface area contributed by atoms with E-state index in [1.807, 2.05) is 26.0 Å². The lowest BCUT2D eigenvalue weighted by atomic mass is 10.5. The Labute approximate surface area is 150 Å². The van der Waals surface area contributed by atoms with Crippen LogP contribution in [-0.2, 0) is 9.47 Å². The SMILES string of the molecule is C=CC(OC(Cl)CC)[SiH2]CC=CC[SiH2]C(C=C)OC(Cl)CC. The molecule has 0 aliphatic heterocycles. The first-order chi connectivity index (χ1) is 10.6. The summed E-state index contributed by atoms with van der Waals surface area (Å²) in [6.45, 7) is 11.7. The van der Waals surface area contributed by atoms with E-state index in [2.05, 4.69) is 25.3 Å². The van der Waals surface area contributed by atoms with Gasteiger partial charge in [-0.1, -0.05) is 61.4 Å². The van der Waals surface area contributed by atoms with Gasteiger partial charge in [0.25, 0.3) is 0 Å². The Morgan fingerprint density at radius 3 is 1.50 bits per heavy atom. The third kappa shape index (κ3) is 11.7. The number of hydrogen-bond donors (Lipinski definition) is 0. The molecule has 0 aliphatic carbocycles. The molecule has 4 unspecified atom stereocenters. The Kier molecular flexibility index (Phi) is 14.8. The highest BCUT2D eigenvalue weighted by molar-refractivity contribution is 6.39. The zero-order valence-corrected chi connectivity index (χ0v) is 18.2. The number of rotatable bonds is 14. The largest absolute Gasteiger partial charge is 0.359 e. The van der Waals surface area contributed by atoms with Gasteiger partial charge in [-0.2, -0.15) is 0 Å². The van der Waals surface area contributed by atoms with Crippen LogP contribution in [0.25, 0.3) is 0 Å².